The largest absolute Gasteiger partial charge is 0.399 e. The van der Waals surface area contributed by atoms with Gasteiger partial charge in [-0.15, -0.1) is 0 Å². The van der Waals surface area contributed by atoms with Gasteiger partial charge in [0.2, 0.25) is 0 Å². The van der Waals surface area contributed by atoms with Crippen molar-refractivity contribution in [2.24, 2.45) is 0 Å². The molecule has 0 amide bonds. The molecule has 0 saturated heterocycles. The number of anilines is 2. The van der Waals surface area contributed by atoms with Crippen LogP contribution in [0.1, 0.15) is 44.4 Å². The Morgan fingerprint density at radius 2 is 0.821 bits per heavy atom. The zero-order chi connectivity index (χ0) is 20.8. The molecule has 0 spiro atoms. The monoisotopic (exact) mass is 377 g/mol. The number of nitrogen functional groups attached to an aromatic ring is 2. The van der Waals surface area contributed by atoms with Crippen molar-refractivity contribution in [1.82, 2.24) is 4.90 Å². The third-order valence-electron chi connectivity index (χ3n) is 4.02. The lowest BCUT2D eigenvalue weighted by Gasteiger charge is -2.23. The quantitative estimate of drug-likeness (QED) is 0.510. The van der Waals surface area contributed by atoms with Gasteiger partial charge in [0.1, 0.15) is 0 Å². The van der Waals surface area contributed by atoms with E-state index in [0.29, 0.717) is 0 Å². The van der Waals surface area contributed by atoms with E-state index in [4.69, 9.17) is 11.5 Å². The van der Waals surface area contributed by atoms with E-state index in [9.17, 15) is 0 Å². The van der Waals surface area contributed by atoms with Gasteiger partial charge in [-0.2, -0.15) is 0 Å². The van der Waals surface area contributed by atoms with Crippen molar-refractivity contribution in [3.05, 3.63) is 95.6 Å². The van der Waals surface area contributed by atoms with E-state index in [1.807, 2.05) is 58.0 Å². The molecule has 0 aromatic heterocycles. The smallest absolute Gasteiger partial charge is 0.0314 e. The molecule has 150 valence electrons. The van der Waals surface area contributed by atoms with Crippen molar-refractivity contribution < 1.29 is 0 Å². The van der Waals surface area contributed by atoms with E-state index in [2.05, 4.69) is 53.4 Å². The second-order valence-corrected chi connectivity index (χ2v) is 6.11. The summed E-state index contributed by atoms with van der Waals surface area (Å²) >= 11 is 0. The first-order valence-corrected chi connectivity index (χ1v) is 10.1. The van der Waals surface area contributed by atoms with E-state index in [0.717, 1.165) is 31.0 Å². The van der Waals surface area contributed by atoms with Crippen LogP contribution in [0.15, 0.2) is 78.9 Å². The van der Waals surface area contributed by atoms with Gasteiger partial charge in [0.15, 0.2) is 0 Å². The molecule has 0 aliphatic rings. The molecule has 4 N–H and O–H groups in total. The van der Waals surface area contributed by atoms with Gasteiger partial charge in [-0.3, -0.25) is 4.90 Å². The van der Waals surface area contributed by atoms with E-state index in [1.54, 1.807) is 0 Å². The molecule has 0 aliphatic heterocycles. The summed E-state index contributed by atoms with van der Waals surface area (Å²) in [5, 5.41) is 0. The minimum Gasteiger partial charge on any atom is -0.399 e. The summed E-state index contributed by atoms with van der Waals surface area (Å²) < 4.78 is 0. The van der Waals surface area contributed by atoms with Gasteiger partial charge in [-0.05, 0) is 41.0 Å². The van der Waals surface area contributed by atoms with Crippen molar-refractivity contribution in [3.8, 4) is 0 Å². The second-order valence-electron chi connectivity index (χ2n) is 6.11. The molecule has 0 saturated carbocycles. The number of hydrogen-bond acceptors (Lipinski definition) is 3. The zero-order valence-electron chi connectivity index (χ0n) is 17.7. The van der Waals surface area contributed by atoms with Gasteiger partial charge in [0.05, 0.1) is 0 Å². The van der Waals surface area contributed by atoms with Gasteiger partial charge in [-0.1, -0.05) is 82.3 Å². The standard InChI is InChI=1S/C21H23N3.2C2H6/c22-20-10-6-18(7-11-20)15-24(14-17-4-2-1-3-5-17)16-19-8-12-21(23)13-9-19;2*1-2/h1-13H,14-16,22-23H2;2*1-2H3. The summed E-state index contributed by atoms with van der Waals surface area (Å²) in [4.78, 5) is 2.42. The Morgan fingerprint density at radius 3 is 1.18 bits per heavy atom. The number of benzene rings is 3. The van der Waals surface area contributed by atoms with Crippen LogP contribution in [-0.2, 0) is 19.6 Å². The molecule has 0 unspecified atom stereocenters. The number of hydrogen-bond donors (Lipinski definition) is 2. The summed E-state index contributed by atoms with van der Waals surface area (Å²) in [6.45, 7) is 10.6. The molecule has 0 heterocycles. The summed E-state index contributed by atoms with van der Waals surface area (Å²) in [5.74, 6) is 0. The zero-order valence-corrected chi connectivity index (χ0v) is 17.7. The fourth-order valence-corrected chi connectivity index (χ4v) is 2.77. The topological polar surface area (TPSA) is 55.3 Å². The number of nitrogens with two attached hydrogens (primary N) is 2. The fraction of sp³-hybridized carbons (Fsp3) is 0.280. The number of nitrogens with zero attached hydrogens (tertiary/aromatic N) is 1. The summed E-state index contributed by atoms with van der Waals surface area (Å²) in [5.41, 5.74) is 17.0. The first-order chi connectivity index (χ1) is 13.7. The molecule has 0 bridgehead atoms. The Morgan fingerprint density at radius 1 is 0.500 bits per heavy atom. The SMILES string of the molecule is CC.CC.Nc1ccc(CN(Cc2ccccc2)Cc2ccc(N)cc2)cc1. The van der Waals surface area contributed by atoms with Crippen LogP contribution in [-0.4, -0.2) is 4.90 Å². The van der Waals surface area contributed by atoms with Gasteiger partial charge in [-0.25, -0.2) is 0 Å². The average Bonchev–Trinajstić information content (AvgIpc) is 2.75. The Bertz CT molecular complexity index is 703. The van der Waals surface area contributed by atoms with Gasteiger partial charge >= 0.3 is 0 Å². The molecule has 28 heavy (non-hydrogen) atoms. The first-order valence-electron chi connectivity index (χ1n) is 10.1. The molecule has 0 atom stereocenters. The maximum absolute atomic E-state index is 5.79. The summed E-state index contributed by atoms with van der Waals surface area (Å²) in [6.07, 6.45) is 0. The Hall–Kier alpha value is -2.78. The predicted octanol–water partition coefficient (Wildman–Crippen LogP) is 6.11. The van der Waals surface area contributed by atoms with Gasteiger partial charge < -0.3 is 11.5 Å². The molecule has 3 aromatic carbocycles. The molecule has 0 fully saturated rings. The maximum Gasteiger partial charge on any atom is 0.0314 e. The lowest BCUT2D eigenvalue weighted by Crippen LogP contribution is -2.22. The van der Waals surface area contributed by atoms with E-state index in [1.165, 1.54) is 16.7 Å². The minimum absolute atomic E-state index is 0.798. The molecule has 0 radical (unpaired) electrons. The van der Waals surface area contributed by atoms with E-state index < -0.39 is 0 Å². The van der Waals surface area contributed by atoms with Crippen LogP contribution in [0.2, 0.25) is 0 Å². The van der Waals surface area contributed by atoms with E-state index >= 15 is 0 Å². The fourth-order valence-electron chi connectivity index (χ4n) is 2.77. The normalized spacial score (nSPS) is 9.75. The van der Waals surface area contributed by atoms with Crippen molar-refractivity contribution in [2.45, 2.75) is 47.3 Å². The second kappa shape index (κ2) is 13.4. The number of rotatable bonds is 6. The van der Waals surface area contributed by atoms with Crippen LogP contribution in [0.3, 0.4) is 0 Å². The highest BCUT2D eigenvalue weighted by Crippen LogP contribution is 2.16. The highest BCUT2D eigenvalue weighted by atomic mass is 15.1. The van der Waals surface area contributed by atoms with Crippen LogP contribution in [0.4, 0.5) is 11.4 Å². The molecule has 3 heteroatoms. The maximum atomic E-state index is 5.79. The first kappa shape index (κ1) is 23.3. The highest BCUT2D eigenvalue weighted by Gasteiger charge is 2.08. The van der Waals surface area contributed by atoms with Crippen LogP contribution in [0, 0.1) is 0 Å². The molecule has 0 aliphatic carbocycles. The van der Waals surface area contributed by atoms with E-state index in [-0.39, 0.29) is 0 Å². The average molecular weight is 378 g/mol. The third kappa shape index (κ3) is 8.28. The Labute approximate surface area is 171 Å². The van der Waals surface area contributed by atoms with Crippen LogP contribution in [0.5, 0.6) is 0 Å². The minimum atomic E-state index is 0.798. The van der Waals surface area contributed by atoms with Crippen molar-refractivity contribution in [3.63, 3.8) is 0 Å². The van der Waals surface area contributed by atoms with Crippen molar-refractivity contribution in [1.29, 1.82) is 0 Å². The van der Waals surface area contributed by atoms with Gasteiger partial charge in [0, 0.05) is 31.0 Å². The molecule has 3 rings (SSSR count). The summed E-state index contributed by atoms with van der Waals surface area (Å²) in [7, 11) is 0. The summed E-state index contributed by atoms with van der Waals surface area (Å²) in [6, 6.07) is 26.8. The highest BCUT2D eigenvalue weighted by molar-refractivity contribution is 5.40. The molecular formula is C25H35N3. The van der Waals surface area contributed by atoms with Crippen molar-refractivity contribution in [2.75, 3.05) is 11.5 Å². The molecule has 3 nitrogen and oxygen atoms in total. The van der Waals surface area contributed by atoms with Crippen LogP contribution >= 0.6 is 0 Å². The van der Waals surface area contributed by atoms with Crippen molar-refractivity contribution >= 4 is 11.4 Å². The van der Waals surface area contributed by atoms with Crippen LogP contribution < -0.4 is 11.5 Å². The van der Waals surface area contributed by atoms with Crippen LogP contribution in [0.25, 0.3) is 0 Å². The molecule has 3 aromatic rings. The Balaban J connectivity index is 0.000000921. The van der Waals surface area contributed by atoms with Gasteiger partial charge in [0.25, 0.3) is 0 Å². The lowest BCUT2D eigenvalue weighted by atomic mass is 10.1. The Kier molecular flexibility index (Phi) is 11.1. The third-order valence-corrected chi connectivity index (χ3v) is 4.02. The lowest BCUT2D eigenvalue weighted by molar-refractivity contribution is 0.248. The molecular weight excluding hydrogens is 342 g/mol. The predicted molar refractivity (Wildman–Crippen MR) is 124 cm³/mol.